The number of hydrogen-bond acceptors (Lipinski definition) is 3. The van der Waals surface area contributed by atoms with Gasteiger partial charge in [-0.05, 0) is 77.8 Å². The molecule has 0 atom stereocenters. The minimum Gasteiger partial charge on any atom is -0.172 e. The van der Waals surface area contributed by atoms with Gasteiger partial charge in [-0.1, -0.05) is 106 Å². The lowest BCUT2D eigenvalue weighted by Crippen LogP contribution is -2.25. The number of aromatic nitrogens is 2. The number of nitrogens with zero attached hydrogens (tertiary/aromatic N) is 2. The molecule has 40 heavy (non-hydrogen) atoms. The van der Waals surface area contributed by atoms with E-state index in [2.05, 4.69) is 94.9 Å². The normalized spacial score (nSPS) is 13.1. The van der Waals surface area contributed by atoms with Gasteiger partial charge in [0.2, 0.25) is 0 Å². The van der Waals surface area contributed by atoms with E-state index in [-0.39, 0.29) is 5.41 Å². The molecule has 0 amide bonds. The maximum absolute atomic E-state index is 5.93. The highest BCUT2D eigenvalue weighted by Crippen LogP contribution is 2.55. The summed E-state index contributed by atoms with van der Waals surface area (Å²) < 4.78 is 9.18. The van der Waals surface area contributed by atoms with Crippen LogP contribution < -0.4 is 0 Å². The van der Waals surface area contributed by atoms with E-state index in [1.807, 2.05) is 6.07 Å². The first-order valence-corrected chi connectivity index (χ1v) is 17.2. The first-order valence-electron chi connectivity index (χ1n) is 14.3. The zero-order valence-electron chi connectivity index (χ0n) is 22.8. The number of benzene rings is 3. The number of unbranched alkanes of at least 4 members (excludes halogenated alkanes) is 6. The number of halogens is 2. The highest BCUT2D eigenvalue weighted by Gasteiger charge is 2.42. The summed E-state index contributed by atoms with van der Waals surface area (Å²) in [6.45, 7) is 0. The van der Waals surface area contributed by atoms with Crippen molar-refractivity contribution in [2.75, 3.05) is 10.7 Å². The second-order valence-electron chi connectivity index (χ2n) is 10.7. The monoisotopic (exact) mass is 672 g/mol. The second kappa shape index (κ2) is 13.5. The van der Waals surface area contributed by atoms with Gasteiger partial charge in [-0.25, -0.2) is 0 Å². The van der Waals surface area contributed by atoms with E-state index in [0.29, 0.717) is 0 Å². The van der Waals surface area contributed by atoms with E-state index >= 15 is 0 Å². The van der Waals surface area contributed by atoms with E-state index in [1.165, 1.54) is 90.9 Å². The summed E-state index contributed by atoms with van der Waals surface area (Å²) in [6.07, 6.45) is 23.8. The fourth-order valence-electron chi connectivity index (χ4n) is 6.38. The molecule has 0 radical (unpaired) electrons. The van der Waals surface area contributed by atoms with Gasteiger partial charge >= 0.3 is 0 Å². The first kappa shape index (κ1) is 29.1. The van der Waals surface area contributed by atoms with Crippen molar-refractivity contribution in [3.8, 4) is 46.9 Å². The topological polar surface area (TPSA) is 25.8 Å². The van der Waals surface area contributed by atoms with Crippen LogP contribution in [0.25, 0.3) is 33.3 Å². The predicted octanol–water partition coefficient (Wildman–Crippen LogP) is 10.3. The Balaban J connectivity index is 1.62. The van der Waals surface area contributed by atoms with Crippen molar-refractivity contribution >= 4 is 54.6 Å². The zero-order chi connectivity index (χ0) is 28.0. The largest absolute Gasteiger partial charge is 0.172 e. The van der Waals surface area contributed by atoms with Crippen molar-refractivity contribution in [2.45, 2.75) is 69.6 Å². The van der Waals surface area contributed by atoms with Crippen molar-refractivity contribution < 1.29 is 0 Å². The number of terminal acetylenes is 2. The molecule has 204 valence electrons. The smallest absolute Gasteiger partial charge is 0.121 e. The van der Waals surface area contributed by atoms with E-state index in [0.717, 1.165) is 51.2 Å². The third-order valence-electron chi connectivity index (χ3n) is 8.38. The maximum Gasteiger partial charge on any atom is 0.121 e. The van der Waals surface area contributed by atoms with Crippen LogP contribution in [0.1, 0.15) is 86.5 Å². The van der Waals surface area contributed by atoms with E-state index < -0.39 is 0 Å². The Morgan fingerprint density at radius 3 is 1.90 bits per heavy atom. The quantitative estimate of drug-likeness (QED) is 0.0802. The van der Waals surface area contributed by atoms with E-state index in [9.17, 15) is 0 Å². The fourth-order valence-corrected chi connectivity index (χ4v) is 7.75. The Bertz CT molecular complexity index is 1560. The van der Waals surface area contributed by atoms with Crippen LogP contribution in [0, 0.1) is 24.7 Å². The lowest BCUT2D eigenvalue weighted by molar-refractivity contribution is 0.401. The molecule has 0 bridgehead atoms. The van der Waals surface area contributed by atoms with Crippen LogP contribution in [0.5, 0.6) is 0 Å². The van der Waals surface area contributed by atoms with Gasteiger partial charge in [0.25, 0.3) is 0 Å². The Morgan fingerprint density at radius 1 is 0.650 bits per heavy atom. The van der Waals surface area contributed by atoms with Crippen LogP contribution in [0.4, 0.5) is 0 Å². The summed E-state index contributed by atoms with van der Waals surface area (Å²) in [5.74, 6) is 5.68. The van der Waals surface area contributed by atoms with Crippen LogP contribution in [0.2, 0.25) is 0 Å². The van der Waals surface area contributed by atoms with Crippen molar-refractivity contribution in [2.24, 2.45) is 0 Å². The third-order valence-corrected chi connectivity index (χ3v) is 10.0. The van der Waals surface area contributed by atoms with Gasteiger partial charge in [0.15, 0.2) is 0 Å². The molecule has 0 unspecified atom stereocenters. The van der Waals surface area contributed by atoms with Crippen molar-refractivity contribution in [1.29, 1.82) is 0 Å². The Kier molecular flexibility index (Phi) is 9.80. The average molecular weight is 675 g/mol. The van der Waals surface area contributed by atoms with Gasteiger partial charge in [-0.3, -0.25) is 0 Å². The van der Waals surface area contributed by atoms with Gasteiger partial charge in [0.05, 0.1) is 17.3 Å². The predicted molar refractivity (Wildman–Crippen MR) is 179 cm³/mol. The van der Waals surface area contributed by atoms with Gasteiger partial charge in [0, 0.05) is 27.2 Å². The van der Waals surface area contributed by atoms with Crippen LogP contribution >= 0.6 is 43.6 Å². The summed E-state index contributed by atoms with van der Waals surface area (Å²) in [5.41, 5.74) is 11.2. The molecule has 0 saturated carbocycles. The molecular formula is C35H34Br2N2S. The molecule has 5 rings (SSSR count). The summed E-state index contributed by atoms with van der Waals surface area (Å²) >= 11 is 8.43. The summed E-state index contributed by atoms with van der Waals surface area (Å²) in [5, 5.41) is 2.15. The molecule has 1 aliphatic carbocycles. The van der Waals surface area contributed by atoms with Crippen LogP contribution in [-0.4, -0.2) is 19.4 Å². The number of rotatable bonds is 13. The molecule has 0 aliphatic heterocycles. The minimum atomic E-state index is -0.0471. The molecule has 0 N–H and O–H groups in total. The number of alkyl halides is 2. The Labute approximate surface area is 260 Å². The first-order chi connectivity index (χ1) is 19.7. The molecule has 5 heteroatoms. The maximum atomic E-state index is 5.93. The molecule has 0 spiro atoms. The lowest BCUT2D eigenvalue weighted by Gasteiger charge is -2.33. The standard InChI is InChI=1S/C35H34Br2N2S/c1-3-25-13-16-29-30-18-15-27(28-17-14-26(4-2)33-34(28)39-40-38-33)24-32(30)35(31(29)23-25,19-9-5-7-11-21-36)20-10-6-8-12-22-37/h1-2,13-18,23-24H,5-12,19-22H2. The van der Waals surface area contributed by atoms with Crippen LogP contribution in [-0.2, 0) is 5.41 Å². The second-order valence-corrected chi connectivity index (χ2v) is 12.8. The summed E-state index contributed by atoms with van der Waals surface area (Å²) in [4.78, 5) is 0. The highest BCUT2D eigenvalue weighted by atomic mass is 79.9. The lowest BCUT2D eigenvalue weighted by atomic mass is 9.70. The van der Waals surface area contributed by atoms with Crippen molar-refractivity contribution in [3.63, 3.8) is 0 Å². The molecule has 4 aromatic rings. The summed E-state index contributed by atoms with van der Waals surface area (Å²) in [6, 6.07) is 17.8. The molecular weight excluding hydrogens is 640 g/mol. The van der Waals surface area contributed by atoms with Gasteiger partial charge in [-0.15, -0.1) is 12.8 Å². The van der Waals surface area contributed by atoms with Gasteiger partial charge in [-0.2, -0.15) is 8.75 Å². The molecule has 0 saturated heterocycles. The zero-order valence-corrected chi connectivity index (χ0v) is 26.8. The Hall–Kier alpha value is -2.44. The minimum absolute atomic E-state index is 0.0471. The number of fused-ring (bicyclic) bond motifs is 4. The molecule has 1 aromatic heterocycles. The van der Waals surface area contributed by atoms with E-state index in [1.54, 1.807) is 0 Å². The van der Waals surface area contributed by atoms with Crippen molar-refractivity contribution in [1.82, 2.24) is 8.75 Å². The van der Waals surface area contributed by atoms with Gasteiger partial charge in [0.1, 0.15) is 11.0 Å². The SMILES string of the molecule is C#Cc1ccc2c(c1)C(CCCCCCBr)(CCCCCCBr)c1cc(-c3ccc(C#C)c4nsnc34)ccc1-2. The molecule has 1 heterocycles. The fraction of sp³-hybridized carbons (Fsp3) is 0.371. The molecule has 3 aromatic carbocycles. The Morgan fingerprint density at radius 2 is 1.25 bits per heavy atom. The van der Waals surface area contributed by atoms with Crippen molar-refractivity contribution in [3.05, 3.63) is 70.8 Å². The molecule has 1 aliphatic rings. The van der Waals surface area contributed by atoms with Gasteiger partial charge < -0.3 is 0 Å². The molecule has 2 nitrogen and oxygen atoms in total. The summed E-state index contributed by atoms with van der Waals surface area (Å²) in [7, 11) is 0. The third kappa shape index (κ3) is 5.67. The van der Waals surface area contributed by atoms with E-state index in [4.69, 9.17) is 12.8 Å². The average Bonchev–Trinajstić information content (AvgIpc) is 3.58. The molecule has 0 fully saturated rings. The van der Waals surface area contributed by atoms with Crippen LogP contribution in [0.15, 0.2) is 48.5 Å². The highest BCUT2D eigenvalue weighted by molar-refractivity contribution is 9.09. The van der Waals surface area contributed by atoms with Crippen LogP contribution in [0.3, 0.4) is 0 Å². The number of hydrogen-bond donors (Lipinski definition) is 0.